The molecule has 0 atom stereocenters. The van der Waals surface area contributed by atoms with Crippen LogP contribution < -0.4 is 0 Å². The second-order valence-corrected chi connectivity index (χ2v) is 5.12. The first-order valence-corrected chi connectivity index (χ1v) is 7.79. The molecule has 110 valence electrons. The summed E-state index contributed by atoms with van der Waals surface area (Å²) >= 11 is 0. The van der Waals surface area contributed by atoms with Crippen LogP contribution in [-0.2, 0) is 0 Å². The molecule has 0 aliphatic heterocycles. The number of unbranched alkanes of at least 4 members (excludes halogenated alkanes) is 6. The van der Waals surface area contributed by atoms with E-state index in [1.807, 2.05) is 0 Å². The van der Waals surface area contributed by atoms with Crippen molar-refractivity contribution in [2.24, 2.45) is 0 Å². The van der Waals surface area contributed by atoms with Gasteiger partial charge >= 0.3 is 0 Å². The van der Waals surface area contributed by atoms with Crippen LogP contribution in [0.5, 0.6) is 0 Å². The van der Waals surface area contributed by atoms with E-state index in [1.54, 1.807) is 0 Å². The van der Waals surface area contributed by atoms with Crippen molar-refractivity contribution in [3.05, 3.63) is 0 Å². The Bertz CT molecular complexity index is 145. The van der Waals surface area contributed by atoms with Crippen molar-refractivity contribution in [2.75, 3.05) is 32.8 Å². The van der Waals surface area contributed by atoms with Crippen LogP contribution in [0.1, 0.15) is 64.7 Å². The maximum absolute atomic E-state index is 8.86. The summed E-state index contributed by atoms with van der Waals surface area (Å²) in [5.74, 6) is 0. The molecule has 0 aliphatic carbocycles. The van der Waals surface area contributed by atoms with E-state index in [-0.39, 0.29) is 13.2 Å². The maximum Gasteiger partial charge on any atom is 0.0443 e. The lowest BCUT2D eigenvalue weighted by Gasteiger charge is -2.21. The number of hydrogen-bond donors (Lipinski definition) is 2. The van der Waals surface area contributed by atoms with Crippen LogP contribution in [0.2, 0.25) is 0 Å². The van der Waals surface area contributed by atoms with Gasteiger partial charge in [0.05, 0.1) is 0 Å². The van der Waals surface area contributed by atoms with Gasteiger partial charge in [-0.2, -0.15) is 0 Å². The number of aliphatic hydroxyl groups excluding tert-OH is 2. The van der Waals surface area contributed by atoms with Gasteiger partial charge in [0.2, 0.25) is 0 Å². The zero-order valence-electron chi connectivity index (χ0n) is 12.2. The average Bonchev–Trinajstić information content (AvgIpc) is 2.40. The lowest BCUT2D eigenvalue weighted by atomic mass is 10.1. The Morgan fingerprint density at radius 3 is 1.56 bits per heavy atom. The fourth-order valence-electron chi connectivity index (χ4n) is 2.22. The molecular formula is C15H33NO2. The molecule has 0 aromatic heterocycles. The van der Waals surface area contributed by atoms with Crippen molar-refractivity contribution in [2.45, 2.75) is 64.7 Å². The molecule has 0 rings (SSSR count). The average molecular weight is 259 g/mol. The van der Waals surface area contributed by atoms with Crippen molar-refractivity contribution >= 4 is 0 Å². The van der Waals surface area contributed by atoms with E-state index in [0.717, 1.165) is 32.5 Å². The molecule has 0 amide bonds. The molecule has 0 radical (unpaired) electrons. The molecule has 0 bridgehead atoms. The molecule has 0 saturated heterocycles. The Hall–Kier alpha value is -0.120. The van der Waals surface area contributed by atoms with E-state index in [4.69, 9.17) is 10.2 Å². The SMILES string of the molecule is CCCCCCCCCN(CCCO)CCCO. The van der Waals surface area contributed by atoms with E-state index in [1.165, 1.54) is 44.9 Å². The van der Waals surface area contributed by atoms with Crippen molar-refractivity contribution in [1.82, 2.24) is 4.90 Å². The lowest BCUT2D eigenvalue weighted by molar-refractivity contribution is 0.199. The standard InChI is InChI=1S/C15H33NO2/c1-2-3-4-5-6-7-8-11-16(12-9-14-17)13-10-15-18/h17-18H,2-15H2,1H3. The number of hydrogen-bond acceptors (Lipinski definition) is 3. The fourth-order valence-corrected chi connectivity index (χ4v) is 2.22. The molecule has 0 aliphatic rings. The van der Waals surface area contributed by atoms with Gasteiger partial charge in [-0.3, -0.25) is 0 Å². The third-order valence-corrected chi connectivity index (χ3v) is 3.34. The number of aliphatic hydroxyl groups is 2. The summed E-state index contributed by atoms with van der Waals surface area (Å²) in [5.41, 5.74) is 0. The van der Waals surface area contributed by atoms with Gasteiger partial charge in [0.1, 0.15) is 0 Å². The third kappa shape index (κ3) is 12.3. The normalized spacial score (nSPS) is 11.3. The summed E-state index contributed by atoms with van der Waals surface area (Å²) in [5, 5.41) is 17.7. The highest BCUT2D eigenvalue weighted by Crippen LogP contribution is 2.08. The second-order valence-electron chi connectivity index (χ2n) is 5.12. The molecule has 0 aromatic carbocycles. The van der Waals surface area contributed by atoms with Crippen LogP contribution in [0.25, 0.3) is 0 Å². The minimum atomic E-state index is 0.270. The molecule has 18 heavy (non-hydrogen) atoms. The quantitative estimate of drug-likeness (QED) is 0.471. The molecule has 0 heterocycles. The highest BCUT2D eigenvalue weighted by molar-refractivity contribution is 4.58. The Morgan fingerprint density at radius 2 is 1.06 bits per heavy atom. The summed E-state index contributed by atoms with van der Waals surface area (Å²) in [6.45, 7) is 5.84. The zero-order chi connectivity index (χ0) is 13.5. The largest absolute Gasteiger partial charge is 0.396 e. The highest BCUT2D eigenvalue weighted by Gasteiger charge is 2.03. The predicted molar refractivity (Wildman–Crippen MR) is 77.8 cm³/mol. The van der Waals surface area contributed by atoms with E-state index < -0.39 is 0 Å². The van der Waals surface area contributed by atoms with Crippen LogP contribution in [-0.4, -0.2) is 48.0 Å². The first kappa shape index (κ1) is 17.9. The monoisotopic (exact) mass is 259 g/mol. The summed E-state index contributed by atoms with van der Waals surface area (Å²) in [7, 11) is 0. The van der Waals surface area contributed by atoms with Crippen molar-refractivity contribution in [3.63, 3.8) is 0 Å². The van der Waals surface area contributed by atoms with Gasteiger partial charge < -0.3 is 15.1 Å². The minimum absolute atomic E-state index is 0.270. The first-order chi connectivity index (χ1) is 8.85. The smallest absolute Gasteiger partial charge is 0.0443 e. The van der Waals surface area contributed by atoms with Crippen LogP contribution in [0, 0.1) is 0 Å². The van der Waals surface area contributed by atoms with Gasteiger partial charge in [-0.15, -0.1) is 0 Å². The van der Waals surface area contributed by atoms with Crippen LogP contribution in [0.4, 0.5) is 0 Å². The van der Waals surface area contributed by atoms with Crippen molar-refractivity contribution in [1.29, 1.82) is 0 Å². The number of nitrogens with zero attached hydrogens (tertiary/aromatic N) is 1. The molecule has 3 heteroatoms. The van der Waals surface area contributed by atoms with Gasteiger partial charge in [-0.25, -0.2) is 0 Å². The topological polar surface area (TPSA) is 43.7 Å². The van der Waals surface area contributed by atoms with Crippen LogP contribution >= 0.6 is 0 Å². The molecule has 0 unspecified atom stereocenters. The third-order valence-electron chi connectivity index (χ3n) is 3.34. The molecule has 3 nitrogen and oxygen atoms in total. The Morgan fingerprint density at radius 1 is 0.611 bits per heavy atom. The molecule has 0 aromatic rings. The van der Waals surface area contributed by atoms with Crippen LogP contribution in [0.3, 0.4) is 0 Å². The maximum atomic E-state index is 8.86. The van der Waals surface area contributed by atoms with Crippen LogP contribution in [0.15, 0.2) is 0 Å². The van der Waals surface area contributed by atoms with Gasteiger partial charge in [0.25, 0.3) is 0 Å². The lowest BCUT2D eigenvalue weighted by Crippen LogP contribution is -2.28. The van der Waals surface area contributed by atoms with E-state index in [0.29, 0.717) is 0 Å². The molecule has 0 fully saturated rings. The molecular weight excluding hydrogens is 226 g/mol. The first-order valence-electron chi connectivity index (χ1n) is 7.79. The van der Waals surface area contributed by atoms with Gasteiger partial charge in [0.15, 0.2) is 0 Å². The van der Waals surface area contributed by atoms with Gasteiger partial charge in [-0.1, -0.05) is 45.4 Å². The summed E-state index contributed by atoms with van der Waals surface area (Å²) in [6.07, 6.45) is 11.1. The number of rotatable bonds is 14. The van der Waals surface area contributed by atoms with Gasteiger partial charge in [0, 0.05) is 26.3 Å². The van der Waals surface area contributed by atoms with E-state index in [2.05, 4.69) is 11.8 Å². The summed E-state index contributed by atoms with van der Waals surface area (Å²) < 4.78 is 0. The van der Waals surface area contributed by atoms with E-state index >= 15 is 0 Å². The van der Waals surface area contributed by atoms with E-state index in [9.17, 15) is 0 Å². The Balaban J connectivity index is 3.43. The van der Waals surface area contributed by atoms with Crippen molar-refractivity contribution < 1.29 is 10.2 Å². The highest BCUT2D eigenvalue weighted by atomic mass is 16.3. The second kappa shape index (κ2) is 14.9. The fraction of sp³-hybridized carbons (Fsp3) is 1.00. The summed E-state index contributed by atoms with van der Waals surface area (Å²) in [4.78, 5) is 2.37. The minimum Gasteiger partial charge on any atom is -0.396 e. The Kier molecular flexibility index (Phi) is 14.8. The molecule has 0 saturated carbocycles. The predicted octanol–water partition coefficient (Wildman–Crippen LogP) is 2.80. The Labute approximate surface area is 113 Å². The van der Waals surface area contributed by atoms with Crippen molar-refractivity contribution in [3.8, 4) is 0 Å². The zero-order valence-corrected chi connectivity index (χ0v) is 12.2. The van der Waals surface area contributed by atoms with Gasteiger partial charge in [-0.05, 0) is 25.8 Å². The molecule has 0 spiro atoms. The molecule has 2 N–H and O–H groups in total. The summed E-state index contributed by atoms with van der Waals surface area (Å²) in [6, 6.07) is 0.